The van der Waals surface area contributed by atoms with E-state index in [0.717, 1.165) is 30.1 Å². The summed E-state index contributed by atoms with van der Waals surface area (Å²) in [6.45, 7) is 3.87. The van der Waals surface area contributed by atoms with Crippen LogP contribution in [0, 0.1) is 5.92 Å². The van der Waals surface area contributed by atoms with Gasteiger partial charge in [0.05, 0.1) is 18.1 Å². The summed E-state index contributed by atoms with van der Waals surface area (Å²) >= 11 is 1.64. The van der Waals surface area contributed by atoms with Crippen LogP contribution < -0.4 is 5.32 Å². The lowest BCUT2D eigenvalue weighted by molar-refractivity contribution is 0.0869. The molecular formula is C15H23NO3S. The summed E-state index contributed by atoms with van der Waals surface area (Å²) < 4.78 is 5.15. The monoisotopic (exact) mass is 297 g/mol. The third-order valence-electron chi connectivity index (χ3n) is 3.54. The molecule has 20 heavy (non-hydrogen) atoms. The minimum Gasteiger partial charge on any atom is -0.394 e. The molecule has 0 aromatic carbocycles. The van der Waals surface area contributed by atoms with Gasteiger partial charge in [0.15, 0.2) is 0 Å². The zero-order chi connectivity index (χ0) is 14.4. The van der Waals surface area contributed by atoms with Crippen molar-refractivity contribution >= 4 is 17.2 Å². The Hall–Kier alpha value is -0.910. The van der Waals surface area contributed by atoms with Gasteiger partial charge in [-0.25, -0.2) is 0 Å². The smallest absolute Gasteiger partial charge is 0.261 e. The number of nitrogens with one attached hydrogen (secondary N) is 1. The van der Waals surface area contributed by atoms with Crippen LogP contribution in [0.15, 0.2) is 6.07 Å². The fourth-order valence-electron chi connectivity index (χ4n) is 2.45. The molecule has 1 unspecified atom stereocenters. The number of aliphatic hydroxyl groups excluding tert-OH is 1. The maximum absolute atomic E-state index is 12.1. The van der Waals surface area contributed by atoms with Crippen LogP contribution in [-0.4, -0.2) is 37.4 Å². The summed E-state index contributed by atoms with van der Waals surface area (Å²) in [6.07, 6.45) is 4.22. The molecule has 1 aromatic heterocycles. The number of carbonyl (C=O) groups is 1. The number of rotatable bonds is 7. The van der Waals surface area contributed by atoms with Gasteiger partial charge in [-0.15, -0.1) is 11.3 Å². The SMILES string of the molecule is CC1CCc2sc(C(=O)NCCCOCCO)cc2C1. The summed E-state index contributed by atoms with van der Waals surface area (Å²) in [4.78, 5) is 14.3. The van der Waals surface area contributed by atoms with Crippen molar-refractivity contribution in [3.63, 3.8) is 0 Å². The number of amides is 1. The summed E-state index contributed by atoms with van der Waals surface area (Å²) in [5, 5.41) is 11.5. The molecule has 0 fully saturated rings. The van der Waals surface area contributed by atoms with E-state index >= 15 is 0 Å². The maximum Gasteiger partial charge on any atom is 0.261 e. The molecule has 1 atom stereocenters. The van der Waals surface area contributed by atoms with Crippen molar-refractivity contribution in [3.05, 3.63) is 21.4 Å². The molecule has 0 bridgehead atoms. The molecule has 0 radical (unpaired) electrons. The van der Waals surface area contributed by atoms with Gasteiger partial charge in [0.2, 0.25) is 0 Å². The first-order chi connectivity index (χ1) is 9.70. The fourth-order valence-corrected chi connectivity index (χ4v) is 3.57. The van der Waals surface area contributed by atoms with Crippen molar-refractivity contribution in [2.45, 2.75) is 32.6 Å². The summed E-state index contributed by atoms with van der Waals surface area (Å²) in [6, 6.07) is 2.06. The summed E-state index contributed by atoms with van der Waals surface area (Å²) in [7, 11) is 0. The van der Waals surface area contributed by atoms with Gasteiger partial charge in [-0.1, -0.05) is 6.92 Å². The molecule has 1 amide bonds. The van der Waals surface area contributed by atoms with Gasteiger partial charge < -0.3 is 15.2 Å². The number of ether oxygens (including phenoxy) is 1. The number of aryl methyl sites for hydroxylation is 1. The van der Waals surface area contributed by atoms with E-state index in [4.69, 9.17) is 9.84 Å². The average Bonchev–Trinajstić information content (AvgIpc) is 2.85. The lowest BCUT2D eigenvalue weighted by atomic mass is 9.90. The molecule has 0 saturated carbocycles. The Balaban J connectivity index is 1.75. The van der Waals surface area contributed by atoms with Crippen LogP contribution in [0.4, 0.5) is 0 Å². The van der Waals surface area contributed by atoms with Crippen LogP contribution in [-0.2, 0) is 17.6 Å². The Morgan fingerprint density at radius 2 is 2.40 bits per heavy atom. The first-order valence-electron chi connectivity index (χ1n) is 7.29. The van der Waals surface area contributed by atoms with Crippen LogP contribution >= 0.6 is 11.3 Å². The average molecular weight is 297 g/mol. The van der Waals surface area contributed by atoms with Crippen molar-refractivity contribution < 1.29 is 14.6 Å². The predicted molar refractivity (Wildman–Crippen MR) is 80.4 cm³/mol. The largest absolute Gasteiger partial charge is 0.394 e. The van der Waals surface area contributed by atoms with Crippen LogP contribution in [0.2, 0.25) is 0 Å². The molecule has 112 valence electrons. The van der Waals surface area contributed by atoms with Crippen LogP contribution in [0.3, 0.4) is 0 Å². The standard InChI is InChI=1S/C15H23NO3S/c1-11-3-4-13-12(9-11)10-14(20-13)15(18)16-5-2-7-19-8-6-17/h10-11,17H,2-9H2,1H3,(H,16,18). The molecule has 0 aliphatic heterocycles. The number of hydrogen-bond donors (Lipinski definition) is 2. The van der Waals surface area contributed by atoms with Crippen molar-refractivity contribution in [2.24, 2.45) is 5.92 Å². The molecule has 1 aromatic rings. The van der Waals surface area contributed by atoms with E-state index in [1.165, 1.54) is 16.9 Å². The quantitative estimate of drug-likeness (QED) is 0.757. The van der Waals surface area contributed by atoms with Crippen molar-refractivity contribution in [1.82, 2.24) is 5.32 Å². The highest BCUT2D eigenvalue weighted by atomic mass is 32.1. The van der Waals surface area contributed by atoms with Gasteiger partial charge in [-0.2, -0.15) is 0 Å². The molecule has 4 nitrogen and oxygen atoms in total. The van der Waals surface area contributed by atoms with E-state index < -0.39 is 0 Å². The van der Waals surface area contributed by atoms with E-state index in [2.05, 4.69) is 18.3 Å². The topological polar surface area (TPSA) is 58.6 Å². The number of thiophene rings is 1. The van der Waals surface area contributed by atoms with Crippen LogP contribution in [0.5, 0.6) is 0 Å². The fraction of sp³-hybridized carbons (Fsp3) is 0.667. The third-order valence-corrected chi connectivity index (χ3v) is 4.78. The lowest BCUT2D eigenvalue weighted by Crippen LogP contribution is -2.24. The van der Waals surface area contributed by atoms with Gasteiger partial charge >= 0.3 is 0 Å². The van der Waals surface area contributed by atoms with Gasteiger partial charge in [0.25, 0.3) is 5.91 Å². The van der Waals surface area contributed by atoms with Crippen molar-refractivity contribution in [1.29, 1.82) is 0 Å². The molecule has 5 heteroatoms. The third kappa shape index (κ3) is 4.30. The molecule has 1 heterocycles. The van der Waals surface area contributed by atoms with Crippen molar-refractivity contribution in [3.8, 4) is 0 Å². The Bertz CT molecular complexity index is 444. The molecular weight excluding hydrogens is 274 g/mol. The minimum absolute atomic E-state index is 0.0270. The molecule has 0 saturated heterocycles. The van der Waals surface area contributed by atoms with E-state index in [9.17, 15) is 4.79 Å². The minimum atomic E-state index is 0.0270. The van der Waals surface area contributed by atoms with E-state index in [1.54, 1.807) is 11.3 Å². The highest BCUT2D eigenvalue weighted by Crippen LogP contribution is 2.32. The summed E-state index contributed by atoms with van der Waals surface area (Å²) in [5.74, 6) is 0.760. The van der Waals surface area contributed by atoms with Gasteiger partial charge in [-0.05, 0) is 43.2 Å². The van der Waals surface area contributed by atoms with Crippen LogP contribution in [0.1, 0.15) is 39.9 Å². The maximum atomic E-state index is 12.1. The Labute approximate surface area is 124 Å². The highest BCUT2D eigenvalue weighted by Gasteiger charge is 2.20. The zero-order valence-electron chi connectivity index (χ0n) is 12.0. The molecule has 0 spiro atoms. The van der Waals surface area contributed by atoms with Crippen LogP contribution in [0.25, 0.3) is 0 Å². The lowest BCUT2D eigenvalue weighted by Gasteiger charge is -2.16. The number of hydrogen-bond acceptors (Lipinski definition) is 4. The van der Waals surface area contributed by atoms with E-state index in [1.807, 2.05) is 0 Å². The molecule has 2 rings (SSSR count). The van der Waals surface area contributed by atoms with Crippen molar-refractivity contribution in [2.75, 3.05) is 26.4 Å². The second-order valence-electron chi connectivity index (χ2n) is 5.35. The zero-order valence-corrected chi connectivity index (χ0v) is 12.8. The van der Waals surface area contributed by atoms with E-state index in [-0.39, 0.29) is 12.5 Å². The Morgan fingerprint density at radius 1 is 1.55 bits per heavy atom. The second kappa shape index (κ2) is 7.76. The summed E-state index contributed by atoms with van der Waals surface area (Å²) in [5.41, 5.74) is 1.37. The second-order valence-corrected chi connectivity index (χ2v) is 6.49. The van der Waals surface area contributed by atoms with Gasteiger partial charge in [0.1, 0.15) is 0 Å². The molecule has 2 N–H and O–H groups in total. The molecule has 1 aliphatic rings. The first-order valence-corrected chi connectivity index (χ1v) is 8.10. The predicted octanol–water partition coefficient (Wildman–Crippen LogP) is 2.00. The number of aliphatic hydroxyl groups is 1. The van der Waals surface area contributed by atoms with Gasteiger partial charge in [0, 0.05) is 18.0 Å². The first kappa shape index (κ1) is 15.5. The van der Waals surface area contributed by atoms with E-state index in [0.29, 0.717) is 19.8 Å². The van der Waals surface area contributed by atoms with Gasteiger partial charge in [-0.3, -0.25) is 4.79 Å². The highest BCUT2D eigenvalue weighted by molar-refractivity contribution is 7.14. The molecule has 1 aliphatic carbocycles. The normalized spacial score (nSPS) is 17.8. The number of carbonyl (C=O) groups excluding carboxylic acids is 1. The Morgan fingerprint density at radius 3 is 3.20 bits per heavy atom. The Kier molecular flexibility index (Phi) is 6.01. The number of fused-ring (bicyclic) bond motifs is 1.